The van der Waals surface area contributed by atoms with Crippen LogP contribution in [0.4, 0.5) is 11.5 Å². The minimum Gasteiger partial charge on any atom is -0.478 e. The van der Waals surface area contributed by atoms with E-state index >= 15 is 0 Å². The summed E-state index contributed by atoms with van der Waals surface area (Å²) in [6.45, 7) is 0.597. The summed E-state index contributed by atoms with van der Waals surface area (Å²) in [5.74, 6) is -0.549. The monoisotopic (exact) mass is 327 g/mol. The number of hydrogen-bond acceptors (Lipinski definition) is 5. The molecular weight excluding hydrogens is 318 g/mol. The summed E-state index contributed by atoms with van der Waals surface area (Å²) in [7, 11) is 0. The molecule has 0 aliphatic rings. The lowest BCUT2D eigenvalue weighted by molar-refractivity contribution is 0.0696. The molecule has 2 aromatic heterocycles. The lowest BCUT2D eigenvalue weighted by atomic mass is 10.2. The van der Waals surface area contributed by atoms with Crippen molar-refractivity contribution in [1.29, 1.82) is 0 Å². The van der Waals surface area contributed by atoms with Gasteiger partial charge in [0.2, 0.25) is 0 Å². The molecule has 0 aliphatic carbocycles. The van der Waals surface area contributed by atoms with Gasteiger partial charge in [-0.2, -0.15) is 0 Å². The molecular formula is C11H10BrN3O2S. The smallest absolute Gasteiger partial charge is 0.337 e. The fourth-order valence-electron chi connectivity index (χ4n) is 1.36. The van der Waals surface area contributed by atoms with Crippen LogP contribution in [0, 0.1) is 0 Å². The van der Waals surface area contributed by atoms with Gasteiger partial charge >= 0.3 is 5.97 Å². The van der Waals surface area contributed by atoms with E-state index in [1.54, 1.807) is 11.3 Å². The topological polar surface area (TPSA) is 88.2 Å². The molecule has 0 atom stereocenters. The molecule has 7 heteroatoms. The Balaban J connectivity index is 2.08. The van der Waals surface area contributed by atoms with Crippen LogP contribution in [0.1, 0.15) is 15.2 Å². The summed E-state index contributed by atoms with van der Waals surface area (Å²) >= 11 is 5.00. The van der Waals surface area contributed by atoms with Gasteiger partial charge in [0.25, 0.3) is 0 Å². The first-order chi connectivity index (χ1) is 8.56. The van der Waals surface area contributed by atoms with Gasteiger partial charge in [0.1, 0.15) is 5.82 Å². The number of rotatable bonds is 4. The van der Waals surface area contributed by atoms with Crippen LogP contribution in [0.2, 0.25) is 0 Å². The van der Waals surface area contributed by atoms with Gasteiger partial charge in [-0.1, -0.05) is 0 Å². The number of halogens is 1. The van der Waals surface area contributed by atoms with Crippen molar-refractivity contribution in [2.45, 2.75) is 6.54 Å². The van der Waals surface area contributed by atoms with Crippen LogP contribution in [-0.2, 0) is 6.54 Å². The fourth-order valence-corrected chi connectivity index (χ4v) is 2.79. The summed E-state index contributed by atoms with van der Waals surface area (Å²) in [4.78, 5) is 15.9. The van der Waals surface area contributed by atoms with Crippen molar-refractivity contribution in [2.75, 3.05) is 11.1 Å². The molecule has 0 aromatic carbocycles. The minimum atomic E-state index is -1.04. The second kappa shape index (κ2) is 5.36. The Morgan fingerprint density at radius 2 is 2.33 bits per heavy atom. The predicted octanol–water partition coefficient (Wildman–Crippen LogP) is 2.80. The number of hydrogen-bond donors (Lipinski definition) is 3. The molecule has 5 nitrogen and oxygen atoms in total. The number of nitrogens with zero attached hydrogens (tertiary/aromatic N) is 1. The number of thiophene rings is 1. The van der Waals surface area contributed by atoms with Crippen LogP contribution in [-0.4, -0.2) is 16.1 Å². The van der Waals surface area contributed by atoms with E-state index in [1.807, 2.05) is 12.1 Å². The summed E-state index contributed by atoms with van der Waals surface area (Å²) < 4.78 is 1.06. The highest BCUT2D eigenvalue weighted by molar-refractivity contribution is 9.11. The number of nitrogen functional groups attached to an aromatic ring is 1. The number of nitrogens with one attached hydrogen (secondary N) is 1. The molecule has 0 radical (unpaired) electrons. The largest absolute Gasteiger partial charge is 0.478 e. The van der Waals surface area contributed by atoms with E-state index in [4.69, 9.17) is 10.8 Å². The number of aromatic carboxylic acids is 1. The first kappa shape index (κ1) is 12.8. The lowest BCUT2D eigenvalue weighted by Crippen LogP contribution is -2.06. The quantitative estimate of drug-likeness (QED) is 0.803. The molecule has 0 saturated heterocycles. The third kappa shape index (κ3) is 2.99. The molecule has 0 bridgehead atoms. The van der Waals surface area contributed by atoms with Gasteiger partial charge in [0, 0.05) is 11.1 Å². The van der Waals surface area contributed by atoms with Crippen molar-refractivity contribution >= 4 is 44.7 Å². The van der Waals surface area contributed by atoms with Crippen molar-refractivity contribution in [3.63, 3.8) is 0 Å². The van der Waals surface area contributed by atoms with Crippen LogP contribution in [0.15, 0.2) is 28.2 Å². The number of aromatic nitrogens is 1. The number of carboxylic acid groups (broad SMARTS) is 1. The zero-order chi connectivity index (χ0) is 13.1. The fraction of sp³-hybridized carbons (Fsp3) is 0.0909. The standard InChI is InChI=1S/C11H10BrN3O2S/c12-9-2-1-7(18-9)5-15-10-8(13)3-6(4-14-10)11(16)17/h1-4H,5,13H2,(H,14,15)(H,16,17). The Morgan fingerprint density at radius 1 is 1.56 bits per heavy atom. The molecule has 0 saturated carbocycles. The number of carbonyl (C=O) groups is 1. The van der Waals surface area contributed by atoms with Gasteiger partial charge < -0.3 is 16.2 Å². The molecule has 0 spiro atoms. The zero-order valence-electron chi connectivity index (χ0n) is 9.18. The third-order valence-corrected chi connectivity index (χ3v) is 3.85. The van der Waals surface area contributed by atoms with Crippen LogP contribution in [0.25, 0.3) is 0 Å². The number of anilines is 2. The second-order valence-corrected chi connectivity index (χ2v) is 6.07. The van der Waals surface area contributed by atoms with E-state index in [-0.39, 0.29) is 5.56 Å². The highest BCUT2D eigenvalue weighted by atomic mass is 79.9. The van der Waals surface area contributed by atoms with Gasteiger partial charge in [-0.3, -0.25) is 0 Å². The average molecular weight is 328 g/mol. The van der Waals surface area contributed by atoms with E-state index in [1.165, 1.54) is 12.3 Å². The van der Waals surface area contributed by atoms with E-state index in [9.17, 15) is 4.79 Å². The third-order valence-electron chi connectivity index (χ3n) is 2.22. The Morgan fingerprint density at radius 3 is 2.89 bits per heavy atom. The summed E-state index contributed by atoms with van der Waals surface area (Å²) in [6.07, 6.45) is 1.28. The molecule has 0 fully saturated rings. The molecule has 0 amide bonds. The van der Waals surface area contributed by atoms with Gasteiger partial charge in [-0.05, 0) is 34.1 Å². The van der Waals surface area contributed by atoms with E-state index in [2.05, 4.69) is 26.2 Å². The van der Waals surface area contributed by atoms with Crippen LogP contribution in [0.3, 0.4) is 0 Å². The van der Waals surface area contributed by atoms with Crippen molar-refractivity contribution in [2.24, 2.45) is 0 Å². The van der Waals surface area contributed by atoms with Gasteiger partial charge in [0.15, 0.2) is 0 Å². The highest BCUT2D eigenvalue weighted by Crippen LogP contribution is 2.24. The molecule has 0 unspecified atom stereocenters. The molecule has 2 rings (SSSR count). The molecule has 0 aliphatic heterocycles. The number of carboxylic acids is 1. The van der Waals surface area contributed by atoms with Crippen molar-refractivity contribution < 1.29 is 9.90 Å². The number of nitrogens with two attached hydrogens (primary N) is 1. The normalized spacial score (nSPS) is 10.3. The summed E-state index contributed by atoms with van der Waals surface area (Å²) in [5.41, 5.74) is 6.14. The molecule has 2 aromatic rings. The maximum atomic E-state index is 10.7. The van der Waals surface area contributed by atoms with E-state index < -0.39 is 5.97 Å². The average Bonchev–Trinajstić information content (AvgIpc) is 2.73. The van der Waals surface area contributed by atoms with Gasteiger partial charge in [0.05, 0.1) is 21.6 Å². The van der Waals surface area contributed by atoms with Crippen LogP contribution < -0.4 is 11.1 Å². The predicted molar refractivity (Wildman–Crippen MR) is 75.0 cm³/mol. The van der Waals surface area contributed by atoms with Crippen LogP contribution in [0.5, 0.6) is 0 Å². The molecule has 18 heavy (non-hydrogen) atoms. The molecule has 4 N–H and O–H groups in total. The van der Waals surface area contributed by atoms with Crippen molar-refractivity contribution in [3.8, 4) is 0 Å². The highest BCUT2D eigenvalue weighted by Gasteiger charge is 2.07. The van der Waals surface area contributed by atoms with Crippen molar-refractivity contribution in [1.82, 2.24) is 4.98 Å². The van der Waals surface area contributed by atoms with E-state index in [0.717, 1.165) is 8.66 Å². The Kier molecular flexibility index (Phi) is 3.83. The first-order valence-electron chi connectivity index (χ1n) is 5.03. The Labute approximate surface area is 116 Å². The van der Waals surface area contributed by atoms with Crippen molar-refractivity contribution in [3.05, 3.63) is 38.6 Å². The summed E-state index contributed by atoms with van der Waals surface area (Å²) in [5, 5.41) is 11.9. The lowest BCUT2D eigenvalue weighted by Gasteiger charge is -2.07. The summed E-state index contributed by atoms with van der Waals surface area (Å²) in [6, 6.07) is 5.34. The zero-order valence-corrected chi connectivity index (χ0v) is 11.6. The SMILES string of the molecule is Nc1cc(C(=O)O)cnc1NCc1ccc(Br)s1. The number of pyridine rings is 1. The maximum absolute atomic E-state index is 10.7. The minimum absolute atomic E-state index is 0.0805. The Hall–Kier alpha value is -1.60. The van der Waals surface area contributed by atoms with Gasteiger partial charge in [-0.15, -0.1) is 11.3 Å². The van der Waals surface area contributed by atoms with Crippen LogP contribution >= 0.6 is 27.3 Å². The maximum Gasteiger partial charge on any atom is 0.337 e. The first-order valence-corrected chi connectivity index (χ1v) is 6.64. The Bertz CT molecular complexity index is 585. The molecule has 2 heterocycles. The molecule has 94 valence electrons. The van der Waals surface area contributed by atoms with Gasteiger partial charge in [-0.25, -0.2) is 9.78 Å². The second-order valence-electron chi connectivity index (χ2n) is 3.53. The van der Waals surface area contributed by atoms with E-state index in [0.29, 0.717) is 18.1 Å².